The van der Waals surface area contributed by atoms with E-state index in [1.54, 1.807) is 23.5 Å². The van der Waals surface area contributed by atoms with Crippen molar-refractivity contribution in [1.82, 2.24) is 10.3 Å². The average molecular weight is 509 g/mol. The Morgan fingerprint density at radius 3 is 2.06 bits per heavy atom. The lowest BCUT2D eigenvalue weighted by atomic mass is 10.0. The topological polar surface area (TPSA) is 242 Å². The lowest BCUT2D eigenvalue weighted by Crippen LogP contribution is -2.68. The minimum Gasteiger partial charge on any atom is -0.375 e. The van der Waals surface area contributed by atoms with Gasteiger partial charge >= 0.3 is 0 Å². The summed E-state index contributed by atoms with van der Waals surface area (Å²) in [5, 5.41) is 86.5. The van der Waals surface area contributed by atoms with Crippen molar-refractivity contribution >= 4 is 28.1 Å². The first-order chi connectivity index (χ1) is 16.1. The van der Waals surface area contributed by atoms with Gasteiger partial charge in [-0.3, -0.25) is 4.79 Å². The van der Waals surface area contributed by atoms with Gasteiger partial charge in [-0.05, 0) is 17.7 Å². The van der Waals surface area contributed by atoms with E-state index < -0.39 is 47.0 Å². The highest BCUT2D eigenvalue weighted by atomic mass is 32.1. The lowest BCUT2D eigenvalue weighted by molar-refractivity contribution is -0.407. The molecule has 13 nitrogen and oxygen atoms in total. The molecule has 1 heterocycles. The number of aliphatic hydroxyl groups is 8. The van der Waals surface area contributed by atoms with Crippen LogP contribution in [0.4, 0.5) is 10.8 Å². The minimum atomic E-state index is -3.66. The zero-order chi connectivity index (χ0) is 26.1. The van der Waals surface area contributed by atoms with Gasteiger partial charge in [0.05, 0.1) is 0 Å². The number of hydrogen-bond acceptors (Lipinski definition) is 13. The first-order valence-corrected chi connectivity index (χ1v) is 10.8. The number of benzene rings is 2. The fourth-order valence-corrected chi connectivity index (χ4v) is 3.66. The summed E-state index contributed by atoms with van der Waals surface area (Å²) in [6.45, 7) is 0. The van der Waals surface area contributed by atoms with Crippen molar-refractivity contribution in [3.63, 3.8) is 0 Å². The highest BCUT2D eigenvalue weighted by Gasteiger charge is 2.52. The molecule has 1 aromatic heterocycles. The van der Waals surface area contributed by atoms with Crippen LogP contribution in [0.25, 0.3) is 0 Å². The quantitative estimate of drug-likeness (QED) is 0.137. The van der Waals surface area contributed by atoms with Gasteiger partial charge in [0.25, 0.3) is 23.4 Å². The van der Waals surface area contributed by atoms with E-state index in [2.05, 4.69) is 10.3 Å². The smallest absolute Gasteiger partial charge is 0.291 e. The molecule has 188 valence electrons. The second kappa shape index (κ2) is 9.56. The minimum absolute atomic E-state index is 0.00973. The molecule has 0 aliphatic heterocycles. The molecule has 0 spiro atoms. The largest absolute Gasteiger partial charge is 0.375 e. The SMILES string of the molecule is Nc1nc(C(O)(O)C(=O)Nc2ccc(C(O)(O)C(O)(O)NC(O)(O)Cc3ccccc3)cc2)cs1. The van der Waals surface area contributed by atoms with Gasteiger partial charge in [-0.15, -0.1) is 11.3 Å². The standard InChI is InChI=1S/C21H24N4O9S/c22-17-24-15(11-35-17)19(29,30)16(26)23-14-8-6-13(7-9-14)20(31,32)21(33,34)25-18(27,28)10-12-4-2-1-3-5-12/h1-9,11,25,27-34H,10H2,(H2,22,24)(H,23,26). The number of carbonyl (C=O) groups is 1. The Labute approximate surface area is 202 Å². The molecule has 0 saturated carbocycles. The maximum Gasteiger partial charge on any atom is 0.291 e. The molecule has 3 rings (SSSR count). The third-order valence-corrected chi connectivity index (χ3v) is 5.57. The normalized spacial score (nSPS) is 13.0. The van der Waals surface area contributed by atoms with Crippen LogP contribution in [-0.4, -0.2) is 63.6 Å². The number of thiazole rings is 1. The van der Waals surface area contributed by atoms with Crippen molar-refractivity contribution in [2.75, 3.05) is 11.1 Å². The average Bonchev–Trinajstić information content (AvgIpc) is 3.20. The van der Waals surface area contributed by atoms with Crippen molar-refractivity contribution in [3.8, 4) is 0 Å². The zero-order valence-corrected chi connectivity index (χ0v) is 18.7. The van der Waals surface area contributed by atoms with E-state index >= 15 is 0 Å². The van der Waals surface area contributed by atoms with Crippen LogP contribution >= 0.6 is 11.3 Å². The molecule has 14 heteroatoms. The molecular weight excluding hydrogens is 484 g/mol. The fourth-order valence-electron chi connectivity index (χ4n) is 3.06. The van der Waals surface area contributed by atoms with E-state index in [1.807, 2.05) is 0 Å². The summed E-state index contributed by atoms with van der Waals surface area (Å²) < 4.78 is 0. The van der Waals surface area contributed by atoms with E-state index in [0.717, 1.165) is 35.6 Å². The number of nitrogens with one attached hydrogen (secondary N) is 2. The van der Waals surface area contributed by atoms with Crippen molar-refractivity contribution in [2.24, 2.45) is 0 Å². The Morgan fingerprint density at radius 1 is 0.914 bits per heavy atom. The number of rotatable bonds is 9. The van der Waals surface area contributed by atoms with Crippen LogP contribution in [-0.2, 0) is 22.8 Å². The molecule has 0 unspecified atom stereocenters. The monoisotopic (exact) mass is 508 g/mol. The molecule has 3 aromatic rings. The van der Waals surface area contributed by atoms with Gasteiger partial charge in [-0.25, -0.2) is 10.3 Å². The molecule has 2 aromatic carbocycles. The van der Waals surface area contributed by atoms with Crippen LogP contribution in [0.5, 0.6) is 0 Å². The third kappa shape index (κ3) is 5.98. The number of hydrogen-bond donors (Lipinski definition) is 11. The van der Waals surface area contributed by atoms with Crippen molar-refractivity contribution in [3.05, 3.63) is 76.8 Å². The summed E-state index contributed by atoms with van der Waals surface area (Å²) in [5.74, 6) is -14.4. The van der Waals surface area contributed by atoms with Crippen LogP contribution in [0.15, 0.2) is 60.0 Å². The Bertz CT molecular complexity index is 1170. The number of carbonyl (C=O) groups excluding carboxylic acids is 1. The van der Waals surface area contributed by atoms with Gasteiger partial charge < -0.3 is 51.9 Å². The summed E-state index contributed by atoms with van der Waals surface area (Å²) in [6, 6.07) is 12.1. The zero-order valence-electron chi connectivity index (χ0n) is 17.9. The molecule has 0 saturated heterocycles. The number of nitrogen functional groups attached to an aromatic ring is 1. The van der Waals surface area contributed by atoms with E-state index in [-0.39, 0.29) is 10.8 Å². The summed E-state index contributed by atoms with van der Waals surface area (Å²) in [7, 11) is 0. The molecule has 0 radical (unpaired) electrons. The molecule has 1 amide bonds. The van der Waals surface area contributed by atoms with E-state index in [1.165, 1.54) is 17.5 Å². The van der Waals surface area contributed by atoms with Crippen molar-refractivity contribution in [2.45, 2.75) is 29.8 Å². The van der Waals surface area contributed by atoms with E-state index in [4.69, 9.17) is 5.73 Å². The molecule has 0 atom stereocenters. The first kappa shape index (κ1) is 26.6. The summed E-state index contributed by atoms with van der Waals surface area (Å²) >= 11 is 0.888. The highest BCUT2D eigenvalue weighted by Crippen LogP contribution is 2.30. The van der Waals surface area contributed by atoms with E-state index in [0.29, 0.717) is 5.56 Å². The summed E-state index contributed by atoms with van der Waals surface area (Å²) in [6.07, 6.45) is -0.535. The van der Waals surface area contributed by atoms with Crippen LogP contribution in [0.2, 0.25) is 0 Å². The summed E-state index contributed by atoms with van der Waals surface area (Å²) in [5.41, 5.74) is 4.85. The van der Waals surface area contributed by atoms with Crippen LogP contribution in [0.1, 0.15) is 16.8 Å². The fraction of sp³-hybridized carbons (Fsp3) is 0.238. The van der Waals surface area contributed by atoms with Crippen LogP contribution < -0.4 is 16.4 Å². The number of nitrogens with zero attached hydrogens (tertiary/aromatic N) is 1. The number of aromatic nitrogens is 1. The van der Waals surface area contributed by atoms with Gasteiger partial charge in [0.2, 0.25) is 5.91 Å². The highest BCUT2D eigenvalue weighted by molar-refractivity contribution is 7.13. The van der Waals surface area contributed by atoms with Gasteiger partial charge in [0, 0.05) is 23.1 Å². The van der Waals surface area contributed by atoms with Crippen molar-refractivity contribution < 1.29 is 45.6 Å². The van der Waals surface area contributed by atoms with Gasteiger partial charge in [-0.2, -0.15) is 0 Å². The lowest BCUT2D eigenvalue weighted by Gasteiger charge is -2.39. The Hall–Kier alpha value is -3.02. The second-order valence-electron chi connectivity index (χ2n) is 7.72. The molecule has 0 bridgehead atoms. The van der Waals surface area contributed by atoms with Crippen LogP contribution in [0, 0.1) is 0 Å². The molecule has 0 fully saturated rings. The molecule has 35 heavy (non-hydrogen) atoms. The predicted octanol–water partition coefficient (Wildman–Crippen LogP) is -2.25. The maximum absolute atomic E-state index is 12.3. The number of anilines is 2. The Balaban J connectivity index is 1.72. The third-order valence-electron chi connectivity index (χ3n) is 4.90. The molecule has 0 aliphatic carbocycles. The summed E-state index contributed by atoms with van der Waals surface area (Å²) in [4.78, 5) is 15.9. The van der Waals surface area contributed by atoms with Gasteiger partial charge in [-0.1, -0.05) is 42.5 Å². The Morgan fingerprint density at radius 2 is 1.51 bits per heavy atom. The Kier molecular flexibility index (Phi) is 7.26. The first-order valence-electron chi connectivity index (χ1n) is 9.90. The van der Waals surface area contributed by atoms with Gasteiger partial charge in [0.1, 0.15) is 5.69 Å². The van der Waals surface area contributed by atoms with Crippen molar-refractivity contribution in [1.29, 1.82) is 0 Å². The maximum atomic E-state index is 12.3. The second-order valence-corrected chi connectivity index (χ2v) is 8.61. The molecular formula is C21H24N4O9S. The van der Waals surface area contributed by atoms with Gasteiger partial charge in [0.15, 0.2) is 5.13 Å². The predicted molar refractivity (Wildman–Crippen MR) is 121 cm³/mol. The molecule has 12 N–H and O–H groups in total. The van der Waals surface area contributed by atoms with E-state index in [9.17, 15) is 45.6 Å². The van der Waals surface area contributed by atoms with Crippen LogP contribution in [0.3, 0.4) is 0 Å². The molecule has 0 aliphatic rings. The number of nitrogens with two attached hydrogens (primary N) is 1. The number of amides is 1.